The molecule has 114 valence electrons. The van der Waals surface area contributed by atoms with Crippen LogP contribution in [0.2, 0.25) is 0 Å². The third kappa shape index (κ3) is 6.37. The zero-order chi connectivity index (χ0) is 15.0. The molecule has 0 aromatic rings. The number of rotatable bonds is 5. The van der Waals surface area contributed by atoms with Crippen LogP contribution in [0.4, 0.5) is 4.79 Å². The predicted molar refractivity (Wildman–Crippen MR) is 72.3 cm³/mol. The lowest BCUT2D eigenvalue weighted by molar-refractivity contribution is -0.138. The van der Waals surface area contributed by atoms with Crippen LogP contribution in [0.15, 0.2) is 0 Å². The highest BCUT2D eigenvalue weighted by Crippen LogP contribution is 2.03. The molecule has 0 bridgehead atoms. The maximum absolute atomic E-state index is 11.9. The van der Waals surface area contributed by atoms with Crippen molar-refractivity contribution in [3.05, 3.63) is 0 Å². The Morgan fingerprint density at radius 2 is 1.75 bits per heavy atom. The molecular formula is C12H22N4O4. The van der Waals surface area contributed by atoms with Gasteiger partial charge in [0.15, 0.2) is 0 Å². The summed E-state index contributed by atoms with van der Waals surface area (Å²) in [5.74, 6) is -0.975. The molecular weight excluding hydrogens is 264 g/mol. The number of carboxylic acids is 1. The molecule has 1 fully saturated rings. The van der Waals surface area contributed by atoms with Crippen LogP contribution in [0.25, 0.3) is 0 Å². The third-order valence-electron chi connectivity index (χ3n) is 3.01. The molecule has 0 aromatic carbocycles. The average molecular weight is 286 g/mol. The Balaban J connectivity index is 2.27. The van der Waals surface area contributed by atoms with Gasteiger partial charge in [-0.1, -0.05) is 0 Å². The number of nitrogens with one attached hydrogen (secondary N) is 2. The van der Waals surface area contributed by atoms with E-state index in [4.69, 9.17) is 5.11 Å². The van der Waals surface area contributed by atoms with Gasteiger partial charge in [-0.3, -0.25) is 14.5 Å². The number of carbonyl (C=O) groups is 3. The van der Waals surface area contributed by atoms with Crippen molar-refractivity contribution in [2.45, 2.75) is 13.3 Å². The molecule has 1 aliphatic rings. The number of carbonyl (C=O) groups excluding carboxylic acids is 2. The molecule has 20 heavy (non-hydrogen) atoms. The summed E-state index contributed by atoms with van der Waals surface area (Å²) in [6, 6.07) is -0.174. The van der Waals surface area contributed by atoms with E-state index in [0.717, 1.165) is 6.42 Å². The molecule has 8 nitrogen and oxygen atoms in total. The second-order valence-corrected chi connectivity index (χ2v) is 4.73. The van der Waals surface area contributed by atoms with Gasteiger partial charge in [0.2, 0.25) is 5.91 Å². The van der Waals surface area contributed by atoms with Crippen LogP contribution in [0.5, 0.6) is 0 Å². The van der Waals surface area contributed by atoms with Crippen molar-refractivity contribution < 1.29 is 19.5 Å². The fraction of sp³-hybridized carbons (Fsp3) is 0.750. The molecule has 8 heteroatoms. The van der Waals surface area contributed by atoms with Crippen molar-refractivity contribution >= 4 is 17.9 Å². The highest BCUT2D eigenvalue weighted by Gasteiger charge is 2.19. The minimum Gasteiger partial charge on any atom is -0.480 e. The van der Waals surface area contributed by atoms with Crippen LogP contribution in [0, 0.1) is 0 Å². The van der Waals surface area contributed by atoms with Gasteiger partial charge in [0, 0.05) is 46.2 Å². The first-order valence-electron chi connectivity index (χ1n) is 6.70. The predicted octanol–water partition coefficient (Wildman–Crippen LogP) is -1.08. The fourth-order valence-electron chi connectivity index (χ4n) is 2.04. The summed E-state index contributed by atoms with van der Waals surface area (Å²) in [5, 5.41) is 14.1. The third-order valence-corrected chi connectivity index (χ3v) is 3.01. The van der Waals surface area contributed by atoms with Gasteiger partial charge in [-0.15, -0.1) is 0 Å². The normalized spacial score (nSPS) is 16.4. The average Bonchev–Trinajstić information content (AvgIpc) is 2.59. The minimum atomic E-state index is -0.849. The Kier molecular flexibility index (Phi) is 6.78. The number of nitrogens with zero attached hydrogens (tertiary/aromatic N) is 2. The summed E-state index contributed by atoms with van der Waals surface area (Å²) in [4.78, 5) is 36.7. The van der Waals surface area contributed by atoms with E-state index in [9.17, 15) is 14.4 Å². The summed E-state index contributed by atoms with van der Waals surface area (Å²) in [6.07, 6.45) is 0.756. The van der Waals surface area contributed by atoms with Gasteiger partial charge >= 0.3 is 12.0 Å². The second kappa shape index (κ2) is 8.36. The maximum Gasteiger partial charge on any atom is 0.317 e. The Hall–Kier alpha value is -1.83. The largest absolute Gasteiger partial charge is 0.480 e. The van der Waals surface area contributed by atoms with E-state index in [0.29, 0.717) is 39.3 Å². The Morgan fingerprint density at radius 1 is 1.05 bits per heavy atom. The lowest BCUT2D eigenvalue weighted by atomic mass is 10.4. The van der Waals surface area contributed by atoms with Crippen molar-refractivity contribution in [3.8, 4) is 0 Å². The zero-order valence-electron chi connectivity index (χ0n) is 11.7. The molecule has 0 radical (unpaired) electrons. The van der Waals surface area contributed by atoms with Gasteiger partial charge in [0.05, 0.1) is 6.54 Å². The molecule has 1 heterocycles. The van der Waals surface area contributed by atoms with Gasteiger partial charge in [-0.25, -0.2) is 4.79 Å². The van der Waals surface area contributed by atoms with Crippen molar-refractivity contribution in [2.75, 3.05) is 45.8 Å². The van der Waals surface area contributed by atoms with Gasteiger partial charge < -0.3 is 20.6 Å². The summed E-state index contributed by atoms with van der Waals surface area (Å²) in [5.41, 5.74) is 0. The summed E-state index contributed by atoms with van der Waals surface area (Å²) >= 11 is 0. The molecule has 1 aliphatic heterocycles. The Morgan fingerprint density at radius 3 is 2.40 bits per heavy atom. The first-order valence-corrected chi connectivity index (χ1v) is 6.70. The number of urea groups is 1. The van der Waals surface area contributed by atoms with E-state index in [-0.39, 0.29) is 18.5 Å². The number of hydrogen-bond donors (Lipinski definition) is 3. The van der Waals surface area contributed by atoms with E-state index >= 15 is 0 Å². The number of aliphatic carboxylic acids is 1. The molecule has 0 aromatic heterocycles. The van der Waals surface area contributed by atoms with E-state index < -0.39 is 5.97 Å². The molecule has 0 spiro atoms. The van der Waals surface area contributed by atoms with E-state index in [2.05, 4.69) is 10.6 Å². The SMILES string of the molecule is CC(=O)NCCNC(=O)N1CCCN(CC(=O)O)CC1. The van der Waals surface area contributed by atoms with Crippen LogP contribution in [-0.2, 0) is 9.59 Å². The summed E-state index contributed by atoms with van der Waals surface area (Å²) in [6.45, 7) is 4.59. The van der Waals surface area contributed by atoms with Crippen molar-refractivity contribution in [2.24, 2.45) is 0 Å². The van der Waals surface area contributed by atoms with Crippen LogP contribution in [0.3, 0.4) is 0 Å². The standard InChI is InChI=1S/C12H22N4O4/c1-10(17)13-3-4-14-12(20)16-6-2-5-15(7-8-16)9-11(18)19/h2-9H2,1H3,(H,13,17)(H,14,20)(H,18,19). The van der Waals surface area contributed by atoms with Gasteiger partial charge in [-0.2, -0.15) is 0 Å². The van der Waals surface area contributed by atoms with Crippen LogP contribution in [-0.4, -0.2) is 78.6 Å². The number of amides is 3. The van der Waals surface area contributed by atoms with E-state index in [1.165, 1.54) is 6.92 Å². The van der Waals surface area contributed by atoms with Crippen molar-refractivity contribution in [1.82, 2.24) is 20.4 Å². The summed E-state index contributed by atoms with van der Waals surface area (Å²) < 4.78 is 0. The summed E-state index contributed by atoms with van der Waals surface area (Å²) in [7, 11) is 0. The van der Waals surface area contributed by atoms with Gasteiger partial charge in [-0.05, 0) is 6.42 Å². The molecule has 0 unspecified atom stereocenters. The van der Waals surface area contributed by atoms with E-state index in [1.807, 2.05) is 4.90 Å². The smallest absolute Gasteiger partial charge is 0.317 e. The highest BCUT2D eigenvalue weighted by atomic mass is 16.4. The molecule has 0 aliphatic carbocycles. The zero-order valence-corrected chi connectivity index (χ0v) is 11.7. The molecule has 3 N–H and O–H groups in total. The lowest BCUT2D eigenvalue weighted by Gasteiger charge is -2.21. The molecule has 0 saturated carbocycles. The highest BCUT2D eigenvalue weighted by molar-refractivity contribution is 5.75. The van der Waals surface area contributed by atoms with Gasteiger partial charge in [0.1, 0.15) is 0 Å². The first kappa shape index (κ1) is 16.2. The Labute approximate surface area is 118 Å². The monoisotopic (exact) mass is 286 g/mol. The number of carboxylic acid groups (broad SMARTS) is 1. The minimum absolute atomic E-state index is 0.0119. The van der Waals surface area contributed by atoms with Gasteiger partial charge in [0.25, 0.3) is 0 Å². The molecule has 1 saturated heterocycles. The Bertz CT molecular complexity index is 361. The number of hydrogen-bond acceptors (Lipinski definition) is 4. The second-order valence-electron chi connectivity index (χ2n) is 4.73. The molecule has 3 amide bonds. The topological polar surface area (TPSA) is 102 Å². The maximum atomic E-state index is 11.9. The molecule has 0 atom stereocenters. The quantitative estimate of drug-likeness (QED) is 0.558. The van der Waals surface area contributed by atoms with Crippen LogP contribution < -0.4 is 10.6 Å². The van der Waals surface area contributed by atoms with Crippen LogP contribution >= 0.6 is 0 Å². The lowest BCUT2D eigenvalue weighted by Crippen LogP contribution is -2.44. The van der Waals surface area contributed by atoms with Crippen LogP contribution in [0.1, 0.15) is 13.3 Å². The fourth-order valence-corrected chi connectivity index (χ4v) is 2.04. The van der Waals surface area contributed by atoms with E-state index in [1.54, 1.807) is 4.90 Å². The van der Waals surface area contributed by atoms with Crippen molar-refractivity contribution in [3.63, 3.8) is 0 Å². The van der Waals surface area contributed by atoms with Crippen molar-refractivity contribution in [1.29, 1.82) is 0 Å². The first-order chi connectivity index (χ1) is 9.49. The molecule has 1 rings (SSSR count).